The van der Waals surface area contributed by atoms with Crippen LogP contribution in [0, 0.1) is 5.41 Å². The van der Waals surface area contributed by atoms with Gasteiger partial charge in [-0.05, 0) is 32.2 Å². The van der Waals surface area contributed by atoms with Gasteiger partial charge in [0.2, 0.25) is 0 Å². The van der Waals surface area contributed by atoms with Crippen LogP contribution < -0.4 is 27.8 Å². The van der Waals surface area contributed by atoms with Crippen LogP contribution in [0.25, 0.3) is 0 Å². The summed E-state index contributed by atoms with van der Waals surface area (Å²) in [7, 11) is 0. The van der Waals surface area contributed by atoms with Crippen LogP contribution in [-0.4, -0.2) is 70.9 Å². The molecule has 0 radical (unpaired) electrons. The molecule has 1 aliphatic rings. The molecule has 1 aliphatic heterocycles. The van der Waals surface area contributed by atoms with Crippen molar-refractivity contribution in [3.05, 3.63) is 0 Å². The molecule has 1 saturated heterocycles. The molecular weight excluding hydrogens is 336 g/mol. The van der Waals surface area contributed by atoms with Crippen molar-refractivity contribution in [3.8, 4) is 0 Å². The Hall–Kier alpha value is -2.44. The van der Waals surface area contributed by atoms with Crippen molar-refractivity contribution in [1.82, 2.24) is 10.6 Å². The number of nitrogens with one attached hydrogen (secondary N) is 3. The lowest BCUT2D eigenvalue weighted by Gasteiger charge is -2.06. The van der Waals surface area contributed by atoms with E-state index in [2.05, 4.69) is 16.4 Å². The van der Waals surface area contributed by atoms with Crippen LogP contribution in [0.3, 0.4) is 0 Å². The monoisotopic (exact) mass is 364 g/mol. The Morgan fingerprint density at radius 1 is 1.28 bits per heavy atom. The van der Waals surface area contributed by atoms with E-state index >= 15 is 0 Å². The average molecular weight is 364 g/mol. The Morgan fingerprint density at radius 3 is 2.12 bits per heavy atom. The van der Waals surface area contributed by atoms with Crippen molar-refractivity contribution in [2.45, 2.75) is 37.8 Å². The van der Waals surface area contributed by atoms with Gasteiger partial charge in [0.1, 0.15) is 12.1 Å². The highest BCUT2D eigenvalue weighted by atomic mass is 16.4. The Bertz CT molecular complexity index is 427. The van der Waals surface area contributed by atoms with E-state index in [1.165, 1.54) is 0 Å². The fourth-order valence-corrected chi connectivity index (χ4v) is 1.56. The summed E-state index contributed by atoms with van der Waals surface area (Å²) >= 11 is 0. The van der Waals surface area contributed by atoms with Gasteiger partial charge in [0.05, 0.1) is 6.54 Å². The van der Waals surface area contributed by atoms with Crippen LogP contribution in [0.5, 0.6) is 0 Å². The van der Waals surface area contributed by atoms with Crippen LogP contribution in [-0.2, 0) is 14.4 Å². The van der Waals surface area contributed by atoms with Gasteiger partial charge in [0.25, 0.3) is 0 Å². The number of nitrogens with two attached hydrogens (primary N) is 3. The third-order valence-electron chi connectivity index (χ3n) is 2.86. The van der Waals surface area contributed by atoms with Crippen LogP contribution in [0.4, 0.5) is 0 Å². The smallest absolute Gasteiger partial charge is 0.320 e. The van der Waals surface area contributed by atoms with Crippen molar-refractivity contribution in [3.63, 3.8) is 0 Å². The maximum absolute atomic E-state index is 10.2. The van der Waals surface area contributed by atoms with E-state index in [4.69, 9.17) is 32.2 Å². The Labute approximate surface area is 145 Å². The Kier molecular flexibility index (Phi) is 15.0. The molecule has 0 aromatic rings. The van der Waals surface area contributed by atoms with Crippen molar-refractivity contribution >= 4 is 23.9 Å². The molecule has 0 bridgehead atoms. The summed E-state index contributed by atoms with van der Waals surface area (Å²) in [5.74, 6) is -2.80. The summed E-state index contributed by atoms with van der Waals surface area (Å²) in [4.78, 5) is 29.6. The summed E-state index contributed by atoms with van der Waals surface area (Å²) in [5, 5.41) is 36.5. The van der Waals surface area contributed by atoms with E-state index in [-0.39, 0.29) is 18.5 Å². The second-order valence-electron chi connectivity index (χ2n) is 5.01. The van der Waals surface area contributed by atoms with Crippen molar-refractivity contribution in [1.29, 1.82) is 5.41 Å². The molecule has 146 valence electrons. The first-order chi connectivity index (χ1) is 11.6. The molecule has 0 aromatic heterocycles. The van der Waals surface area contributed by atoms with Gasteiger partial charge in [-0.15, -0.1) is 0 Å². The fourth-order valence-electron chi connectivity index (χ4n) is 1.56. The predicted octanol–water partition coefficient (Wildman–Crippen LogP) is -2.49. The van der Waals surface area contributed by atoms with Gasteiger partial charge in [-0.3, -0.25) is 19.8 Å². The lowest BCUT2D eigenvalue weighted by Crippen LogP contribution is -2.34. The third kappa shape index (κ3) is 17.7. The maximum Gasteiger partial charge on any atom is 0.320 e. The molecule has 0 amide bonds. The second-order valence-corrected chi connectivity index (χ2v) is 5.01. The topological polar surface area (TPSA) is 238 Å². The van der Waals surface area contributed by atoms with E-state index in [0.29, 0.717) is 19.4 Å². The zero-order valence-electron chi connectivity index (χ0n) is 13.9. The SMILES string of the molecule is N=C(N)NCCCC(N)C(=O)O.NCC(=O)O.O=C(O)C1CCCN1. The second kappa shape index (κ2) is 15.1. The zero-order chi connectivity index (χ0) is 19.8. The van der Waals surface area contributed by atoms with Crippen molar-refractivity contribution < 1.29 is 29.7 Å². The number of hydrogen-bond donors (Lipinski definition) is 9. The number of carboxylic acid groups (broad SMARTS) is 3. The highest BCUT2D eigenvalue weighted by molar-refractivity contribution is 5.74. The summed E-state index contributed by atoms with van der Waals surface area (Å²) in [6.45, 7) is 1.06. The average Bonchev–Trinajstić information content (AvgIpc) is 3.07. The van der Waals surface area contributed by atoms with Gasteiger partial charge < -0.3 is 43.2 Å². The molecule has 1 fully saturated rings. The fraction of sp³-hybridized carbons (Fsp3) is 0.692. The summed E-state index contributed by atoms with van der Waals surface area (Å²) < 4.78 is 0. The largest absolute Gasteiger partial charge is 0.480 e. The zero-order valence-corrected chi connectivity index (χ0v) is 13.9. The van der Waals surface area contributed by atoms with Gasteiger partial charge >= 0.3 is 17.9 Å². The Morgan fingerprint density at radius 2 is 1.84 bits per heavy atom. The lowest BCUT2D eigenvalue weighted by atomic mass is 10.2. The van der Waals surface area contributed by atoms with Gasteiger partial charge in [-0.2, -0.15) is 0 Å². The highest BCUT2D eigenvalue weighted by Gasteiger charge is 2.20. The number of aliphatic carboxylic acids is 3. The number of carbonyl (C=O) groups is 3. The minimum absolute atomic E-state index is 0.112. The molecule has 2 unspecified atom stereocenters. The van der Waals surface area contributed by atoms with Gasteiger partial charge in [0.15, 0.2) is 5.96 Å². The third-order valence-corrected chi connectivity index (χ3v) is 2.86. The predicted molar refractivity (Wildman–Crippen MR) is 90.1 cm³/mol. The van der Waals surface area contributed by atoms with Gasteiger partial charge in [-0.25, -0.2) is 0 Å². The van der Waals surface area contributed by atoms with E-state index in [9.17, 15) is 14.4 Å². The molecule has 12 heteroatoms. The first-order valence-electron chi connectivity index (χ1n) is 7.56. The summed E-state index contributed by atoms with van der Waals surface area (Å²) in [6.07, 6.45) is 2.76. The van der Waals surface area contributed by atoms with Gasteiger partial charge in [0, 0.05) is 6.54 Å². The minimum atomic E-state index is -1.00. The first kappa shape index (κ1) is 24.8. The quantitative estimate of drug-likeness (QED) is 0.130. The minimum Gasteiger partial charge on any atom is -0.480 e. The van der Waals surface area contributed by atoms with E-state index < -0.39 is 23.9 Å². The molecule has 1 rings (SSSR count). The number of rotatable bonds is 7. The van der Waals surface area contributed by atoms with Crippen LogP contribution in [0.2, 0.25) is 0 Å². The van der Waals surface area contributed by atoms with Gasteiger partial charge in [-0.1, -0.05) is 0 Å². The molecule has 0 aromatic carbocycles. The molecule has 12 N–H and O–H groups in total. The molecule has 0 aliphatic carbocycles. The molecule has 25 heavy (non-hydrogen) atoms. The summed E-state index contributed by atoms with van der Waals surface area (Å²) in [5.41, 5.74) is 14.8. The number of carboxylic acids is 3. The standard InChI is InChI=1S/C6H14N4O2.C5H9NO2.C2H5NO2/c7-4(5(11)12)2-1-3-10-6(8)9;7-5(8)4-2-1-3-6-4;3-1-2(4)5/h4H,1-3,7H2,(H,11,12)(H4,8,9,10);4,6H,1-3H2,(H,7,8);1,3H2,(H,4,5). The molecule has 1 heterocycles. The number of hydrogen-bond acceptors (Lipinski definition) is 7. The van der Waals surface area contributed by atoms with Crippen LogP contribution in [0.1, 0.15) is 25.7 Å². The van der Waals surface area contributed by atoms with E-state index in [1.54, 1.807) is 0 Å². The maximum atomic E-state index is 10.2. The lowest BCUT2D eigenvalue weighted by molar-refractivity contribution is -0.139. The Balaban J connectivity index is 0. The van der Waals surface area contributed by atoms with Crippen LogP contribution >= 0.6 is 0 Å². The molecule has 2 atom stereocenters. The number of guanidine groups is 1. The molecular formula is C13H28N6O6. The summed E-state index contributed by atoms with van der Waals surface area (Å²) in [6, 6.07) is -1.09. The van der Waals surface area contributed by atoms with E-state index in [1.807, 2.05) is 0 Å². The molecule has 0 spiro atoms. The first-order valence-corrected chi connectivity index (χ1v) is 7.56. The normalized spacial score (nSPS) is 16.3. The van der Waals surface area contributed by atoms with E-state index in [0.717, 1.165) is 19.4 Å². The van der Waals surface area contributed by atoms with Crippen LogP contribution in [0.15, 0.2) is 0 Å². The highest BCUT2D eigenvalue weighted by Crippen LogP contribution is 2.03. The van der Waals surface area contributed by atoms with Crippen molar-refractivity contribution in [2.75, 3.05) is 19.6 Å². The van der Waals surface area contributed by atoms with Crippen molar-refractivity contribution in [2.24, 2.45) is 17.2 Å². The molecule has 0 saturated carbocycles. The molecule has 12 nitrogen and oxygen atoms in total.